The fourth-order valence-electron chi connectivity index (χ4n) is 7.07. The fraction of sp³-hybridized carbons (Fsp3) is 0.485. The Morgan fingerprint density at radius 1 is 0.889 bits per heavy atom. The van der Waals surface area contributed by atoms with E-state index in [0.717, 1.165) is 32.4 Å². The van der Waals surface area contributed by atoms with E-state index in [-0.39, 0.29) is 22.6 Å². The van der Waals surface area contributed by atoms with Crippen molar-refractivity contribution < 1.29 is 32.6 Å². The van der Waals surface area contributed by atoms with Gasteiger partial charge < -0.3 is 19.6 Å². The minimum absolute atomic E-state index is 0.0793. The van der Waals surface area contributed by atoms with Gasteiger partial charge in [-0.25, -0.2) is 8.42 Å². The van der Waals surface area contributed by atoms with Gasteiger partial charge >= 0.3 is 0 Å². The number of morpholine rings is 1. The summed E-state index contributed by atoms with van der Waals surface area (Å²) < 4.78 is 33.4. The molecule has 1 atom stereocenters. The van der Waals surface area contributed by atoms with Gasteiger partial charge in [0.15, 0.2) is 5.54 Å². The Balaban J connectivity index is 1.43. The summed E-state index contributed by atoms with van der Waals surface area (Å²) in [5, 5.41) is 11.8. The highest BCUT2D eigenvalue weighted by atomic mass is 32.2. The number of aliphatic hydroxyl groups excluding tert-OH is 1. The molecule has 240 valence electrons. The van der Waals surface area contributed by atoms with Crippen molar-refractivity contribution >= 4 is 39.1 Å². The Labute approximate surface area is 264 Å². The number of ketones is 1. The number of hydrogen-bond acceptors (Lipinski definition) is 8. The predicted octanol–water partition coefficient (Wildman–Crippen LogP) is 2.92. The summed E-state index contributed by atoms with van der Waals surface area (Å²) in [4.78, 5) is 47.5. The molecule has 6 rings (SSSR count). The largest absolute Gasteiger partial charge is 0.507 e. The van der Waals surface area contributed by atoms with E-state index in [4.69, 9.17) is 4.74 Å². The molecule has 0 saturated carbocycles. The molecule has 11 nitrogen and oxygen atoms in total. The van der Waals surface area contributed by atoms with Crippen molar-refractivity contribution in [3.8, 4) is 0 Å². The molecule has 1 N–H and O–H groups in total. The number of carbonyl (C=O) groups excluding carboxylic acids is 3. The van der Waals surface area contributed by atoms with Crippen molar-refractivity contribution in [3.05, 3.63) is 65.2 Å². The normalized spacial score (nSPS) is 24.2. The molecular weight excluding hydrogens is 596 g/mol. The van der Waals surface area contributed by atoms with Gasteiger partial charge in [0.25, 0.3) is 17.6 Å². The Bertz CT molecular complexity index is 1610. The Morgan fingerprint density at radius 2 is 1.58 bits per heavy atom. The molecule has 2 amide bonds. The number of carbonyl (C=O) groups is 3. The second kappa shape index (κ2) is 12.7. The Kier molecular flexibility index (Phi) is 8.84. The number of amides is 2. The molecule has 2 aromatic carbocycles. The third-order valence-corrected chi connectivity index (χ3v) is 11.2. The molecule has 3 saturated heterocycles. The number of nitrogens with zero attached hydrogens (tertiary/aromatic N) is 4. The van der Waals surface area contributed by atoms with E-state index in [2.05, 4.69) is 4.90 Å². The summed E-state index contributed by atoms with van der Waals surface area (Å²) >= 11 is 0. The number of aliphatic hydroxyl groups is 1. The topological polar surface area (TPSA) is 128 Å². The van der Waals surface area contributed by atoms with Crippen molar-refractivity contribution in [1.82, 2.24) is 14.1 Å². The molecule has 45 heavy (non-hydrogen) atoms. The smallest absolute Gasteiger partial charge is 0.296 e. The minimum atomic E-state index is -3.72. The molecular formula is C33H40N4O7S. The maximum absolute atomic E-state index is 14.6. The van der Waals surface area contributed by atoms with Crippen molar-refractivity contribution in [3.63, 3.8) is 0 Å². The number of para-hydroxylation sites is 1. The number of anilines is 1. The number of piperidine rings is 1. The Morgan fingerprint density at radius 3 is 2.27 bits per heavy atom. The van der Waals surface area contributed by atoms with Gasteiger partial charge in [0.2, 0.25) is 10.0 Å². The summed E-state index contributed by atoms with van der Waals surface area (Å²) in [6, 6.07) is 12.8. The van der Waals surface area contributed by atoms with Crippen LogP contribution >= 0.6 is 0 Å². The second-order valence-corrected chi connectivity index (χ2v) is 13.9. The van der Waals surface area contributed by atoms with Gasteiger partial charge in [-0.15, -0.1) is 0 Å². The number of ether oxygens (including phenoxy) is 1. The van der Waals surface area contributed by atoms with Gasteiger partial charge in [-0.2, -0.15) is 4.31 Å². The number of benzene rings is 2. The second-order valence-electron chi connectivity index (χ2n) is 12.0. The van der Waals surface area contributed by atoms with Crippen LogP contribution in [0.4, 0.5) is 5.69 Å². The molecule has 0 bridgehead atoms. The number of fused-ring (bicyclic) bond motifs is 2. The first-order chi connectivity index (χ1) is 21.7. The predicted molar refractivity (Wildman–Crippen MR) is 168 cm³/mol. The van der Waals surface area contributed by atoms with Crippen LogP contribution in [0.1, 0.15) is 50.2 Å². The first kappa shape index (κ1) is 31.4. The lowest BCUT2D eigenvalue weighted by atomic mass is 9.82. The number of likely N-dealkylation sites (tertiary alicyclic amines) is 1. The van der Waals surface area contributed by atoms with E-state index in [1.165, 1.54) is 33.5 Å². The average molecular weight is 637 g/mol. The van der Waals surface area contributed by atoms with E-state index in [1.807, 2.05) is 6.92 Å². The monoisotopic (exact) mass is 636 g/mol. The highest BCUT2D eigenvalue weighted by Crippen LogP contribution is 2.53. The minimum Gasteiger partial charge on any atom is -0.507 e. The first-order valence-corrected chi connectivity index (χ1v) is 17.3. The van der Waals surface area contributed by atoms with Crippen LogP contribution in [0, 0.1) is 0 Å². The van der Waals surface area contributed by atoms with Crippen LogP contribution in [0.2, 0.25) is 0 Å². The van der Waals surface area contributed by atoms with Crippen LogP contribution < -0.4 is 4.90 Å². The highest BCUT2D eigenvalue weighted by Gasteiger charge is 2.66. The maximum atomic E-state index is 14.6. The lowest BCUT2D eigenvalue weighted by Crippen LogP contribution is -2.52. The van der Waals surface area contributed by atoms with Crippen LogP contribution in [0.3, 0.4) is 0 Å². The molecule has 4 heterocycles. The van der Waals surface area contributed by atoms with Gasteiger partial charge in [0.05, 0.1) is 29.4 Å². The third kappa shape index (κ3) is 5.27. The van der Waals surface area contributed by atoms with Crippen molar-refractivity contribution in [2.45, 2.75) is 49.5 Å². The number of sulfonamides is 1. The van der Waals surface area contributed by atoms with Crippen LogP contribution in [0.15, 0.2) is 59.0 Å². The van der Waals surface area contributed by atoms with E-state index in [9.17, 15) is 27.9 Å². The standard InChI is InChI=1S/C33H40N4O7S/c1-2-15-36-27-10-5-4-9-26(27)33(32(36)41)28(30(39)31(40)37(33)19-8-16-34-20-22-44-23-21-34)29(38)24-11-13-25(14-12-24)45(42,43)35-17-6-3-7-18-35/h4-5,9-14,38H,2-3,6-8,15-23H2,1H3/b29-28+. The quantitative estimate of drug-likeness (QED) is 0.253. The van der Waals surface area contributed by atoms with Crippen LogP contribution in [0.5, 0.6) is 0 Å². The lowest BCUT2D eigenvalue weighted by Gasteiger charge is -2.35. The molecule has 0 aliphatic carbocycles. The summed E-state index contributed by atoms with van der Waals surface area (Å²) in [7, 11) is -3.72. The molecule has 0 radical (unpaired) electrons. The molecule has 4 aliphatic heterocycles. The fourth-order valence-corrected chi connectivity index (χ4v) is 8.59. The lowest BCUT2D eigenvalue weighted by molar-refractivity contribution is -0.143. The van der Waals surface area contributed by atoms with Gasteiger partial charge in [-0.05, 0) is 56.0 Å². The molecule has 12 heteroatoms. The molecule has 3 fully saturated rings. The zero-order chi connectivity index (χ0) is 31.8. The zero-order valence-corrected chi connectivity index (χ0v) is 26.4. The molecule has 1 unspecified atom stereocenters. The van der Waals surface area contributed by atoms with E-state index >= 15 is 0 Å². The van der Waals surface area contributed by atoms with Gasteiger partial charge in [-0.1, -0.05) is 31.5 Å². The molecule has 1 spiro atoms. The average Bonchev–Trinajstić information content (AvgIpc) is 3.44. The highest BCUT2D eigenvalue weighted by molar-refractivity contribution is 7.89. The summed E-state index contributed by atoms with van der Waals surface area (Å²) in [5.41, 5.74) is -0.912. The molecule has 2 aromatic rings. The number of Topliss-reactive ketones (excluding diaryl/α,β-unsaturated/α-hetero) is 1. The van der Waals surface area contributed by atoms with E-state index in [0.29, 0.717) is 63.5 Å². The summed E-state index contributed by atoms with van der Waals surface area (Å²) in [6.45, 7) is 6.79. The third-order valence-electron chi connectivity index (χ3n) is 9.30. The van der Waals surface area contributed by atoms with E-state index in [1.54, 1.807) is 29.2 Å². The van der Waals surface area contributed by atoms with Crippen LogP contribution in [-0.2, 0) is 34.7 Å². The van der Waals surface area contributed by atoms with Gasteiger partial charge in [-0.3, -0.25) is 19.3 Å². The van der Waals surface area contributed by atoms with Gasteiger partial charge in [0.1, 0.15) is 5.76 Å². The zero-order valence-electron chi connectivity index (χ0n) is 25.6. The van der Waals surface area contributed by atoms with Crippen LogP contribution in [0.25, 0.3) is 5.76 Å². The van der Waals surface area contributed by atoms with Crippen LogP contribution in [-0.4, -0.2) is 104 Å². The first-order valence-electron chi connectivity index (χ1n) is 15.8. The summed E-state index contributed by atoms with van der Waals surface area (Å²) in [6.07, 6.45) is 3.75. The van der Waals surface area contributed by atoms with E-state index < -0.39 is 38.9 Å². The van der Waals surface area contributed by atoms with Crippen molar-refractivity contribution in [2.75, 3.05) is 63.9 Å². The number of rotatable bonds is 9. The number of hydrogen-bond donors (Lipinski definition) is 1. The summed E-state index contributed by atoms with van der Waals surface area (Å²) in [5.74, 6) is -2.75. The maximum Gasteiger partial charge on any atom is 0.296 e. The van der Waals surface area contributed by atoms with Crippen molar-refractivity contribution in [2.24, 2.45) is 0 Å². The molecule has 4 aliphatic rings. The molecule has 0 aromatic heterocycles. The van der Waals surface area contributed by atoms with Crippen molar-refractivity contribution in [1.29, 1.82) is 0 Å². The SMILES string of the molecule is CCCN1C(=O)C2(/C(=C(/O)c3ccc(S(=O)(=O)N4CCCCC4)cc3)C(=O)C(=O)N2CCCN2CCOCC2)c2ccccc21. The Hall–Kier alpha value is -3.58. The van der Waals surface area contributed by atoms with Gasteiger partial charge in [0, 0.05) is 56.9 Å².